The number of carbonyl (C=O) groups is 1. The zero-order valence-corrected chi connectivity index (χ0v) is 7.08. The maximum absolute atomic E-state index is 10.4. The molecule has 7 heteroatoms. The predicted molar refractivity (Wildman–Crippen MR) is 38.4 cm³/mol. The van der Waals surface area contributed by atoms with Crippen LogP contribution in [-0.4, -0.2) is 25.2 Å². The molecule has 1 N–H and O–H groups in total. The molecule has 0 saturated heterocycles. The number of rotatable bonds is 4. The fourth-order valence-electron chi connectivity index (χ4n) is 0.403. The first-order valence-corrected chi connectivity index (χ1v) is 4.20. The van der Waals surface area contributed by atoms with Crippen LogP contribution in [0.2, 0.25) is 0 Å². The summed E-state index contributed by atoms with van der Waals surface area (Å²) in [6, 6.07) is 0. The molecule has 0 rings (SSSR count). The van der Waals surface area contributed by atoms with Gasteiger partial charge in [0.15, 0.2) is 0 Å². The molecule has 0 aliphatic carbocycles. The van der Waals surface area contributed by atoms with Crippen molar-refractivity contribution in [2.45, 2.75) is 13.2 Å². The van der Waals surface area contributed by atoms with E-state index in [-0.39, 0.29) is 0 Å². The lowest BCUT2D eigenvalue weighted by Crippen LogP contribution is -2.20. The highest BCUT2D eigenvalue weighted by Crippen LogP contribution is 1.98. The summed E-state index contributed by atoms with van der Waals surface area (Å²) in [5.41, 5.74) is 0. The van der Waals surface area contributed by atoms with Crippen molar-refractivity contribution in [1.82, 2.24) is 0 Å². The molecule has 0 spiro atoms. The van der Waals surface area contributed by atoms with Crippen LogP contribution in [0, 0.1) is 0 Å². The molecule has 0 amide bonds. The zero-order valence-electron chi connectivity index (χ0n) is 6.26. The van der Waals surface area contributed by atoms with Gasteiger partial charge in [0, 0.05) is 6.08 Å². The van der Waals surface area contributed by atoms with Crippen molar-refractivity contribution in [2.24, 2.45) is 0 Å². The maximum Gasteiger partial charge on any atom is 0.400 e. The van der Waals surface area contributed by atoms with Gasteiger partial charge in [0.2, 0.25) is 6.29 Å². The highest BCUT2D eigenvalue weighted by molar-refractivity contribution is 7.80. The van der Waals surface area contributed by atoms with E-state index in [2.05, 4.69) is 15.5 Å². The molecule has 0 aromatic rings. The number of esters is 1. The van der Waals surface area contributed by atoms with Gasteiger partial charge in [-0.1, -0.05) is 6.58 Å². The summed E-state index contributed by atoms with van der Waals surface area (Å²) in [4.78, 5) is 10.4. The van der Waals surface area contributed by atoms with Gasteiger partial charge in [-0.25, -0.2) is 8.98 Å². The Morgan fingerprint density at radius 2 is 2.17 bits per heavy atom. The molecule has 0 saturated carbocycles. The SMILES string of the molecule is C=CC(=O)OC(C)OS(=O)(=O)O. The maximum atomic E-state index is 10.4. The lowest BCUT2D eigenvalue weighted by molar-refractivity contribution is -0.154. The molecule has 0 aromatic heterocycles. The van der Waals surface area contributed by atoms with Gasteiger partial charge in [0.05, 0.1) is 0 Å². The van der Waals surface area contributed by atoms with Crippen molar-refractivity contribution >= 4 is 16.4 Å². The summed E-state index contributed by atoms with van der Waals surface area (Å²) >= 11 is 0. The van der Waals surface area contributed by atoms with Crippen LogP contribution in [0.25, 0.3) is 0 Å². The standard InChI is InChI=1S/C5H8O6S/c1-3-5(6)10-4(2)11-12(7,8)9/h3-4H,1H2,2H3,(H,7,8,9). The van der Waals surface area contributed by atoms with Crippen molar-refractivity contribution < 1.29 is 26.7 Å². The van der Waals surface area contributed by atoms with Crippen molar-refractivity contribution in [3.05, 3.63) is 12.7 Å². The summed E-state index contributed by atoms with van der Waals surface area (Å²) in [5, 5.41) is 0. The van der Waals surface area contributed by atoms with E-state index < -0.39 is 22.7 Å². The van der Waals surface area contributed by atoms with E-state index in [1.807, 2.05) is 0 Å². The van der Waals surface area contributed by atoms with E-state index in [4.69, 9.17) is 4.55 Å². The quantitative estimate of drug-likeness (QED) is 0.292. The topological polar surface area (TPSA) is 89.9 Å². The molecule has 0 aliphatic heterocycles. The van der Waals surface area contributed by atoms with Crippen LogP contribution in [0.1, 0.15) is 6.92 Å². The van der Waals surface area contributed by atoms with Gasteiger partial charge in [-0.05, 0) is 6.92 Å². The molecule has 0 radical (unpaired) electrons. The molecule has 0 aromatic carbocycles. The molecule has 1 unspecified atom stereocenters. The average Bonchev–Trinajstić information content (AvgIpc) is 1.82. The molecule has 6 nitrogen and oxygen atoms in total. The van der Waals surface area contributed by atoms with Crippen LogP contribution in [0.15, 0.2) is 12.7 Å². The Labute approximate surface area is 69.7 Å². The van der Waals surface area contributed by atoms with E-state index in [9.17, 15) is 13.2 Å². The van der Waals surface area contributed by atoms with E-state index in [1.165, 1.54) is 0 Å². The normalized spacial score (nSPS) is 13.5. The Balaban J connectivity index is 3.99. The fourth-order valence-corrected chi connectivity index (χ4v) is 0.784. The highest BCUT2D eigenvalue weighted by atomic mass is 32.3. The first-order chi connectivity index (χ1) is 5.35. The second kappa shape index (κ2) is 4.19. The molecule has 0 heterocycles. The third-order valence-electron chi connectivity index (χ3n) is 0.706. The third-order valence-corrected chi connectivity index (χ3v) is 1.22. The summed E-state index contributed by atoms with van der Waals surface area (Å²) in [6.07, 6.45) is -0.533. The fraction of sp³-hybridized carbons (Fsp3) is 0.400. The Kier molecular flexibility index (Phi) is 3.87. The van der Waals surface area contributed by atoms with Crippen LogP contribution in [-0.2, 0) is 24.1 Å². The molecule has 1 atom stereocenters. The van der Waals surface area contributed by atoms with Gasteiger partial charge >= 0.3 is 16.4 Å². The largest absolute Gasteiger partial charge is 0.432 e. The highest BCUT2D eigenvalue weighted by Gasteiger charge is 2.14. The summed E-state index contributed by atoms with van der Waals surface area (Å²) in [5.74, 6) is -0.842. The molecular formula is C5H8O6S. The predicted octanol–water partition coefficient (Wildman–Crippen LogP) is -0.119. The molecule has 0 fully saturated rings. The minimum Gasteiger partial charge on any atom is -0.432 e. The Morgan fingerprint density at radius 1 is 1.67 bits per heavy atom. The van der Waals surface area contributed by atoms with Crippen molar-refractivity contribution in [2.75, 3.05) is 0 Å². The minimum absolute atomic E-state index is 0.837. The van der Waals surface area contributed by atoms with E-state index in [0.717, 1.165) is 13.0 Å². The Bertz CT molecular complexity index is 266. The van der Waals surface area contributed by atoms with Crippen molar-refractivity contribution in [3.63, 3.8) is 0 Å². The van der Waals surface area contributed by atoms with Gasteiger partial charge < -0.3 is 4.74 Å². The monoisotopic (exact) mass is 196 g/mol. The lowest BCUT2D eigenvalue weighted by Gasteiger charge is -2.08. The van der Waals surface area contributed by atoms with Gasteiger partial charge in [0.25, 0.3) is 0 Å². The van der Waals surface area contributed by atoms with E-state index >= 15 is 0 Å². The second-order valence-corrected chi connectivity index (χ2v) is 2.78. The first kappa shape index (κ1) is 11.1. The number of carbonyl (C=O) groups excluding carboxylic acids is 1. The van der Waals surface area contributed by atoms with Crippen molar-refractivity contribution in [3.8, 4) is 0 Å². The second-order valence-electron chi connectivity index (χ2n) is 1.73. The van der Waals surface area contributed by atoms with Gasteiger partial charge in [-0.3, -0.25) is 4.55 Å². The molecule has 12 heavy (non-hydrogen) atoms. The van der Waals surface area contributed by atoms with Crippen LogP contribution >= 0.6 is 0 Å². The first-order valence-electron chi connectivity index (χ1n) is 2.84. The van der Waals surface area contributed by atoms with Crippen LogP contribution in [0.4, 0.5) is 0 Å². The number of hydrogen-bond donors (Lipinski definition) is 1. The van der Waals surface area contributed by atoms with Gasteiger partial charge in [0.1, 0.15) is 0 Å². The zero-order chi connectivity index (χ0) is 9.78. The number of ether oxygens (including phenoxy) is 1. The molecular weight excluding hydrogens is 188 g/mol. The van der Waals surface area contributed by atoms with Gasteiger partial charge in [-0.15, -0.1) is 0 Å². The summed E-state index contributed by atoms with van der Waals surface area (Å²) in [6.45, 7) is 4.20. The Hall–Kier alpha value is -0.920. The smallest absolute Gasteiger partial charge is 0.400 e. The summed E-state index contributed by atoms with van der Waals surface area (Å²) in [7, 11) is -4.59. The Morgan fingerprint density at radius 3 is 2.50 bits per heavy atom. The molecule has 0 aliphatic rings. The van der Waals surface area contributed by atoms with Crippen molar-refractivity contribution in [1.29, 1.82) is 0 Å². The molecule has 0 bridgehead atoms. The number of hydrogen-bond acceptors (Lipinski definition) is 5. The van der Waals surface area contributed by atoms with Crippen LogP contribution in [0.3, 0.4) is 0 Å². The van der Waals surface area contributed by atoms with Crippen LogP contribution < -0.4 is 0 Å². The van der Waals surface area contributed by atoms with Gasteiger partial charge in [-0.2, -0.15) is 8.42 Å². The van der Waals surface area contributed by atoms with Crippen LogP contribution in [0.5, 0.6) is 0 Å². The van der Waals surface area contributed by atoms with E-state index in [0.29, 0.717) is 0 Å². The molecule has 70 valence electrons. The summed E-state index contributed by atoms with van der Waals surface area (Å²) < 4.78 is 36.3. The lowest BCUT2D eigenvalue weighted by atomic mass is 10.6. The average molecular weight is 196 g/mol. The minimum atomic E-state index is -4.59. The third kappa shape index (κ3) is 5.83. The van der Waals surface area contributed by atoms with E-state index in [1.54, 1.807) is 0 Å².